The number of sulfonamides is 1. The molecule has 21 heavy (non-hydrogen) atoms. The lowest BCUT2D eigenvalue weighted by atomic mass is 10.1. The minimum absolute atomic E-state index is 0.185. The molecule has 0 bridgehead atoms. The average Bonchev–Trinajstić information content (AvgIpc) is 3.28. The van der Waals surface area contributed by atoms with Gasteiger partial charge in [-0.15, -0.1) is 0 Å². The van der Waals surface area contributed by atoms with Crippen molar-refractivity contribution in [2.75, 3.05) is 26.0 Å². The van der Waals surface area contributed by atoms with Crippen LogP contribution >= 0.6 is 0 Å². The van der Waals surface area contributed by atoms with Gasteiger partial charge in [0, 0.05) is 12.6 Å². The van der Waals surface area contributed by atoms with Crippen molar-refractivity contribution in [3.63, 3.8) is 0 Å². The predicted molar refractivity (Wildman–Crippen MR) is 84.1 cm³/mol. The third-order valence-corrected chi connectivity index (χ3v) is 4.94. The molecule has 118 valence electrons. The van der Waals surface area contributed by atoms with Crippen LogP contribution in [0.25, 0.3) is 0 Å². The molecule has 1 aliphatic rings. The largest absolute Gasteiger partial charge is 0.497 e. The van der Waals surface area contributed by atoms with Gasteiger partial charge in [-0.1, -0.05) is 12.1 Å². The third-order valence-electron chi connectivity index (χ3n) is 3.47. The van der Waals surface area contributed by atoms with Crippen molar-refractivity contribution in [3.8, 4) is 5.75 Å². The molecule has 2 rings (SSSR count). The minimum Gasteiger partial charge on any atom is -0.497 e. The van der Waals surface area contributed by atoms with E-state index in [9.17, 15) is 8.42 Å². The van der Waals surface area contributed by atoms with Crippen molar-refractivity contribution in [1.82, 2.24) is 10.0 Å². The summed E-state index contributed by atoms with van der Waals surface area (Å²) < 4.78 is 31.5. The van der Waals surface area contributed by atoms with E-state index in [2.05, 4.69) is 10.0 Å². The summed E-state index contributed by atoms with van der Waals surface area (Å²) in [6.07, 6.45) is 3.78. The van der Waals surface area contributed by atoms with Crippen LogP contribution in [-0.4, -0.2) is 40.4 Å². The van der Waals surface area contributed by atoms with Crippen LogP contribution in [0.1, 0.15) is 24.8 Å². The van der Waals surface area contributed by atoms with Crippen molar-refractivity contribution < 1.29 is 13.2 Å². The fourth-order valence-electron chi connectivity index (χ4n) is 2.11. The summed E-state index contributed by atoms with van der Waals surface area (Å²) in [6, 6.07) is 8.31. The number of hydrogen-bond acceptors (Lipinski definition) is 4. The molecule has 0 aromatic heterocycles. The number of ether oxygens (including phenoxy) is 1. The van der Waals surface area contributed by atoms with Gasteiger partial charge in [-0.2, -0.15) is 0 Å². The van der Waals surface area contributed by atoms with Crippen molar-refractivity contribution in [2.24, 2.45) is 0 Å². The van der Waals surface area contributed by atoms with E-state index < -0.39 is 10.0 Å². The monoisotopic (exact) mass is 312 g/mol. The highest BCUT2D eigenvalue weighted by Gasteiger charge is 2.20. The highest BCUT2D eigenvalue weighted by molar-refractivity contribution is 7.89. The molecule has 0 unspecified atom stereocenters. The van der Waals surface area contributed by atoms with Gasteiger partial charge in [-0.05, 0) is 49.9 Å². The molecule has 0 aliphatic heterocycles. The smallest absolute Gasteiger partial charge is 0.211 e. The molecule has 1 aliphatic carbocycles. The summed E-state index contributed by atoms with van der Waals surface area (Å²) in [6.45, 7) is 1.20. The Morgan fingerprint density at radius 2 is 2.10 bits per heavy atom. The molecule has 0 spiro atoms. The molecule has 1 aromatic carbocycles. The highest BCUT2D eigenvalue weighted by atomic mass is 32.2. The quantitative estimate of drug-likeness (QED) is 0.639. The normalized spacial score (nSPS) is 15.1. The molecule has 0 heterocycles. The molecule has 2 N–H and O–H groups in total. The van der Waals surface area contributed by atoms with Crippen LogP contribution in [-0.2, 0) is 16.4 Å². The van der Waals surface area contributed by atoms with Crippen molar-refractivity contribution in [3.05, 3.63) is 29.8 Å². The first-order valence-corrected chi connectivity index (χ1v) is 9.08. The maximum Gasteiger partial charge on any atom is 0.211 e. The van der Waals surface area contributed by atoms with Gasteiger partial charge in [0.25, 0.3) is 0 Å². The van der Waals surface area contributed by atoms with Crippen LogP contribution in [0.5, 0.6) is 5.75 Å². The Kier molecular flexibility index (Phi) is 6.02. The maximum atomic E-state index is 11.8. The Hall–Kier alpha value is -1.11. The first-order chi connectivity index (χ1) is 10.1. The van der Waals surface area contributed by atoms with Crippen molar-refractivity contribution in [2.45, 2.75) is 31.7 Å². The summed E-state index contributed by atoms with van der Waals surface area (Å²) in [5.74, 6) is 0.978. The fraction of sp³-hybridized carbons (Fsp3) is 0.600. The number of nitrogens with one attached hydrogen (secondary N) is 2. The van der Waals surface area contributed by atoms with E-state index in [1.54, 1.807) is 7.11 Å². The molecule has 1 fully saturated rings. The zero-order valence-electron chi connectivity index (χ0n) is 12.5. The molecule has 0 saturated heterocycles. The lowest BCUT2D eigenvalue weighted by molar-refractivity contribution is 0.414. The van der Waals surface area contributed by atoms with E-state index in [0.717, 1.165) is 17.9 Å². The second-order valence-electron chi connectivity index (χ2n) is 5.40. The van der Waals surface area contributed by atoms with Gasteiger partial charge in [-0.25, -0.2) is 13.1 Å². The number of hydrogen-bond donors (Lipinski definition) is 2. The Bertz CT molecular complexity index is 542. The number of benzene rings is 1. The average molecular weight is 312 g/mol. The topological polar surface area (TPSA) is 67.4 Å². The van der Waals surface area contributed by atoms with E-state index in [1.807, 2.05) is 24.3 Å². The van der Waals surface area contributed by atoms with Crippen LogP contribution < -0.4 is 14.8 Å². The molecule has 1 aromatic rings. The first-order valence-electron chi connectivity index (χ1n) is 7.43. The van der Waals surface area contributed by atoms with Gasteiger partial charge < -0.3 is 10.1 Å². The second kappa shape index (κ2) is 7.77. The summed E-state index contributed by atoms with van der Waals surface area (Å²) in [4.78, 5) is 0. The van der Waals surface area contributed by atoms with E-state index in [1.165, 1.54) is 12.8 Å². The van der Waals surface area contributed by atoms with Crippen molar-refractivity contribution in [1.29, 1.82) is 0 Å². The molecule has 1 saturated carbocycles. The van der Waals surface area contributed by atoms with Crippen LogP contribution in [0.2, 0.25) is 0 Å². The van der Waals surface area contributed by atoms with E-state index >= 15 is 0 Å². The van der Waals surface area contributed by atoms with E-state index in [4.69, 9.17) is 4.74 Å². The highest BCUT2D eigenvalue weighted by Crippen LogP contribution is 2.18. The zero-order chi connectivity index (χ0) is 15.1. The summed E-state index contributed by atoms with van der Waals surface area (Å²) in [5.41, 5.74) is 1.06. The maximum absolute atomic E-state index is 11.8. The Labute approximate surface area is 127 Å². The molecule has 5 nitrogen and oxygen atoms in total. The molecule has 0 amide bonds. The molecular formula is C15H24N2O3S. The van der Waals surface area contributed by atoms with Gasteiger partial charge in [0.2, 0.25) is 10.0 Å². The van der Waals surface area contributed by atoms with Gasteiger partial charge in [-0.3, -0.25) is 0 Å². The van der Waals surface area contributed by atoms with Gasteiger partial charge in [0.05, 0.1) is 12.9 Å². The number of methoxy groups -OCH3 is 1. The summed E-state index contributed by atoms with van der Waals surface area (Å²) >= 11 is 0. The van der Waals surface area contributed by atoms with Gasteiger partial charge in [0.15, 0.2) is 0 Å². The molecule has 0 atom stereocenters. The standard InChI is InChI=1S/C15H24N2O3S/c1-20-15-5-2-4-13(12-15)8-10-17-21(18,19)11-3-9-16-14-6-7-14/h2,4-5,12,14,16-17H,3,6-11H2,1H3. The fourth-order valence-corrected chi connectivity index (χ4v) is 3.19. The first kappa shape index (κ1) is 16.3. The van der Waals surface area contributed by atoms with E-state index in [-0.39, 0.29) is 5.75 Å². The lowest BCUT2D eigenvalue weighted by Crippen LogP contribution is -2.30. The van der Waals surface area contributed by atoms with E-state index in [0.29, 0.717) is 25.4 Å². The van der Waals surface area contributed by atoms with Crippen LogP contribution in [0.3, 0.4) is 0 Å². The summed E-state index contributed by atoms with van der Waals surface area (Å²) in [7, 11) is -1.54. The minimum atomic E-state index is -3.17. The third kappa shape index (κ3) is 6.46. The summed E-state index contributed by atoms with van der Waals surface area (Å²) in [5, 5.41) is 3.32. The van der Waals surface area contributed by atoms with Crippen LogP contribution in [0.4, 0.5) is 0 Å². The van der Waals surface area contributed by atoms with Gasteiger partial charge in [0.1, 0.15) is 5.75 Å². The number of rotatable bonds is 10. The SMILES string of the molecule is COc1cccc(CCNS(=O)(=O)CCCNC2CC2)c1. The molecular weight excluding hydrogens is 288 g/mol. The Balaban J connectivity index is 1.65. The molecule has 6 heteroatoms. The Morgan fingerprint density at radius 3 is 2.81 bits per heavy atom. The predicted octanol–water partition coefficient (Wildman–Crippen LogP) is 1.30. The second-order valence-corrected chi connectivity index (χ2v) is 7.32. The zero-order valence-corrected chi connectivity index (χ0v) is 13.3. The lowest BCUT2D eigenvalue weighted by Gasteiger charge is -2.08. The van der Waals surface area contributed by atoms with Crippen LogP contribution in [0, 0.1) is 0 Å². The van der Waals surface area contributed by atoms with Crippen LogP contribution in [0.15, 0.2) is 24.3 Å². The van der Waals surface area contributed by atoms with Gasteiger partial charge >= 0.3 is 0 Å². The molecule has 0 radical (unpaired) electrons. The Morgan fingerprint density at radius 1 is 1.29 bits per heavy atom. The van der Waals surface area contributed by atoms with Crippen molar-refractivity contribution >= 4 is 10.0 Å².